The summed E-state index contributed by atoms with van der Waals surface area (Å²) >= 11 is 0. The highest BCUT2D eigenvalue weighted by atomic mass is 19.1. The molecule has 34 heavy (non-hydrogen) atoms. The number of amides is 1. The van der Waals surface area contributed by atoms with Crippen LogP contribution in [0.15, 0.2) is 30.5 Å². The van der Waals surface area contributed by atoms with Gasteiger partial charge >= 0.3 is 6.09 Å². The molecule has 8 heteroatoms. The molecule has 0 spiro atoms. The van der Waals surface area contributed by atoms with Crippen molar-refractivity contribution < 1.29 is 13.9 Å². The number of anilines is 2. The number of rotatable bonds is 7. The van der Waals surface area contributed by atoms with Crippen molar-refractivity contribution in [2.75, 3.05) is 29.9 Å². The van der Waals surface area contributed by atoms with E-state index in [1.165, 1.54) is 19.3 Å². The van der Waals surface area contributed by atoms with Gasteiger partial charge in [-0.25, -0.2) is 14.2 Å². The number of hydrogen-bond donors (Lipinski definition) is 1. The number of halogens is 1. The van der Waals surface area contributed by atoms with Crippen molar-refractivity contribution in [3.05, 3.63) is 47.4 Å². The van der Waals surface area contributed by atoms with Crippen LogP contribution in [0.25, 0.3) is 0 Å². The second-order valence-corrected chi connectivity index (χ2v) is 10.5. The van der Waals surface area contributed by atoms with Gasteiger partial charge in [-0.05, 0) is 74.5 Å². The number of piperidine rings is 1. The van der Waals surface area contributed by atoms with E-state index in [0.717, 1.165) is 48.9 Å². The van der Waals surface area contributed by atoms with Gasteiger partial charge in [0.2, 0.25) is 5.95 Å². The fourth-order valence-corrected chi connectivity index (χ4v) is 6.00. The number of benzene rings is 1. The van der Waals surface area contributed by atoms with E-state index >= 15 is 4.39 Å². The van der Waals surface area contributed by atoms with E-state index < -0.39 is 0 Å². The standard InChI is InChI=1S/C26H32FN5O2/c1-16(20-6-7-21(22(27)11-20)14-31-12-17-2-3-18(10-17)13-31)29-25-28-9-8-24(30-25)32-23(19-4-5-19)15-34-26(32)33/h6-9,11,16-19,23H,2-5,10,12-15H2,1H3,(H,28,29,30)/t16-,17?,18?,23+/m0/s1. The summed E-state index contributed by atoms with van der Waals surface area (Å²) in [6.07, 6.45) is 7.53. The minimum atomic E-state index is -0.353. The predicted molar refractivity (Wildman–Crippen MR) is 127 cm³/mol. The molecule has 3 heterocycles. The molecule has 4 aliphatic rings. The SMILES string of the molecule is C[C@H](Nc1nccc(N2C(=O)OC[C@@H]2C2CC2)n1)c1ccc(CN2CC3CCC(C3)C2)c(F)c1. The largest absolute Gasteiger partial charge is 0.447 e. The lowest BCUT2D eigenvalue weighted by atomic mass is 9.98. The molecular formula is C26H32FN5O2. The summed E-state index contributed by atoms with van der Waals surface area (Å²) in [5.41, 5.74) is 1.60. The van der Waals surface area contributed by atoms with Crippen molar-refractivity contribution in [1.82, 2.24) is 14.9 Å². The Balaban J connectivity index is 1.12. The van der Waals surface area contributed by atoms with Gasteiger partial charge < -0.3 is 10.1 Å². The molecule has 1 N–H and O–H groups in total. The summed E-state index contributed by atoms with van der Waals surface area (Å²) in [5.74, 6) is 2.86. The molecule has 4 atom stereocenters. The van der Waals surface area contributed by atoms with Crippen molar-refractivity contribution in [3.63, 3.8) is 0 Å². The van der Waals surface area contributed by atoms with E-state index in [2.05, 4.69) is 20.2 Å². The van der Waals surface area contributed by atoms with E-state index in [1.54, 1.807) is 23.2 Å². The monoisotopic (exact) mass is 465 g/mol. The van der Waals surface area contributed by atoms with Crippen LogP contribution < -0.4 is 10.2 Å². The molecule has 4 fully saturated rings. The van der Waals surface area contributed by atoms with Crippen molar-refractivity contribution in [3.8, 4) is 0 Å². The lowest BCUT2D eigenvalue weighted by molar-refractivity contribution is 0.159. The molecule has 2 saturated carbocycles. The maximum absolute atomic E-state index is 15.0. The number of ether oxygens (including phenoxy) is 1. The van der Waals surface area contributed by atoms with Gasteiger partial charge in [-0.2, -0.15) is 4.98 Å². The highest BCUT2D eigenvalue weighted by molar-refractivity contribution is 5.89. The van der Waals surface area contributed by atoms with Crippen molar-refractivity contribution in [1.29, 1.82) is 0 Å². The predicted octanol–water partition coefficient (Wildman–Crippen LogP) is 4.76. The van der Waals surface area contributed by atoms with Crippen LogP contribution in [0.1, 0.15) is 56.2 Å². The molecule has 2 saturated heterocycles. The van der Waals surface area contributed by atoms with E-state index in [1.807, 2.05) is 19.1 Å². The maximum Gasteiger partial charge on any atom is 0.415 e. The average Bonchev–Trinajstić information content (AvgIpc) is 3.52. The van der Waals surface area contributed by atoms with Gasteiger partial charge in [0.25, 0.3) is 0 Å². The minimum absolute atomic E-state index is 0.0458. The van der Waals surface area contributed by atoms with Crippen LogP contribution in [0.3, 0.4) is 0 Å². The Bertz CT molecular complexity index is 1060. The Hall–Kier alpha value is -2.74. The van der Waals surface area contributed by atoms with Gasteiger partial charge in [-0.15, -0.1) is 0 Å². The number of carbonyl (C=O) groups excluding carboxylic acids is 1. The number of aromatic nitrogens is 2. The van der Waals surface area contributed by atoms with Crippen molar-refractivity contribution in [2.24, 2.45) is 17.8 Å². The van der Waals surface area contributed by atoms with Crippen molar-refractivity contribution >= 4 is 17.9 Å². The molecule has 7 nitrogen and oxygen atoms in total. The molecule has 2 unspecified atom stereocenters. The highest BCUT2D eigenvalue weighted by Gasteiger charge is 2.44. The van der Waals surface area contributed by atoms with E-state index in [4.69, 9.17) is 4.74 Å². The van der Waals surface area contributed by atoms with Crippen LogP contribution in [0.5, 0.6) is 0 Å². The van der Waals surface area contributed by atoms with Crippen LogP contribution in [-0.4, -0.2) is 46.7 Å². The highest BCUT2D eigenvalue weighted by Crippen LogP contribution is 2.40. The van der Waals surface area contributed by atoms with Gasteiger partial charge in [0.1, 0.15) is 18.2 Å². The first-order chi connectivity index (χ1) is 16.5. The number of fused-ring (bicyclic) bond motifs is 2. The molecule has 6 rings (SSSR count). The first-order valence-corrected chi connectivity index (χ1v) is 12.6. The Morgan fingerprint density at radius 2 is 1.97 bits per heavy atom. The zero-order valence-electron chi connectivity index (χ0n) is 19.6. The third-order valence-electron chi connectivity index (χ3n) is 7.96. The van der Waals surface area contributed by atoms with Gasteiger partial charge in [0, 0.05) is 31.4 Å². The Kier molecular flexibility index (Phi) is 5.63. The van der Waals surface area contributed by atoms with E-state index in [0.29, 0.717) is 30.8 Å². The first kappa shape index (κ1) is 21.8. The van der Waals surface area contributed by atoms with Crippen LogP contribution in [0.4, 0.5) is 21.0 Å². The second kappa shape index (κ2) is 8.80. The molecule has 2 aromatic rings. The zero-order chi connectivity index (χ0) is 23.2. The molecule has 1 aromatic heterocycles. The molecular weight excluding hydrogens is 433 g/mol. The lowest BCUT2D eigenvalue weighted by Gasteiger charge is -2.31. The van der Waals surface area contributed by atoms with Gasteiger partial charge in [-0.3, -0.25) is 9.80 Å². The smallest absolute Gasteiger partial charge is 0.415 e. The van der Waals surface area contributed by atoms with E-state index in [-0.39, 0.29) is 24.0 Å². The first-order valence-electron chi connectivity index (χ1n) is 12.6. The fraction of sp³-hybridized carbons (Fsp3) is 0.577. The number of likely N-dealkylation sites (tertiary alicyclic amines) is 1. The topological polar surface area (TPSA) is 70.6 Å². The van der Waals surface area contributed by atoms with Gasteiger partial charge in [0.15, 0.2) is 0 Å². The second-order valence-electron chi connectivity index (χ2n) is 10.5. The summed E-state index contributed by atoms with van der Waals surface area (Å²) in [5, 5.41) is 3.27. The molecule has 180 valence electrons. The number of cyclic esters (lactones) is 1. The minimum Gasteiger partial charge on any atom is -0.447 e. The molecule has 1 amide bonds. The number of nitrogens with one attached hydrogen (secondary N) is 1. The fourth-order valence-electron chi connectivity index (χ4n) is 6.00. The Morgan fingerprint density at radius 1 is 1.18 bits per heavy atom. The van der Waals surface area contributed by atoms with Crippen LogP contribution in [-0.2, 0) is 11.3 Å². The Morgan fingerprint density at radius 3 is 2.71 bits per heavy atom. The molecule has 2 aliphatic heterocycles. The van der Waals surface area contributed by atoms with Crippen LogP contribution in [0, 0.1) is 23.6 Å². The zero-order valence-corrected chi connectivity index (χ0v) is 19.6. The normalized spacial score (nSPS) is 27.6. The number of nitrogens with zero attached hydrogens (tertiary/aromatic N) is 4. The number of carbonyl (C=O) groups is 1. The van der Waals surface area contributed by atoms with Gasteiger partial charge in [0.05, 0.1) is 12.1 Å². The lowest BCUT2D eigenvalue weighted by Crippen LogP contribution is -2.36. The third kappa shape index (κ3) is 4.35. The molecule has 1 aromatic carbocycles. The molecule has 2 bridgehead atoms. The summed E-state index contributed by atoms with van der Waals surface area (Å²) in [6, 6.07) is 7.12. The molecule has 0 radical (unpaired) electrons. The average molecular weight is 466 g/mol. The van der Waals surface area contributed by atoms with Gasteiger partial charge in [-0.1, -0.05) is 12.1 Å². The summed E-state index contributed by atoms with van der Waals surface area (Å²) in [6.45, 7) is 5.24. The van der Waals surface area contributed by atoms with E-state index in [9.17, 15) is 4.79 Å². The van der Waals surface area contributed by atoms with Crippen LogP contribution in [0.2, 0.25) is 0 Å². The summed E-state index contributed by atoms with van der Waals surface area (Å²) in [4.78, 5) is 25.3. The maximum atomic E-state index is 15.0. The Labute approximate surface area is 199 Å². The quantitative estimate of drug-likeness (QED) is 0.636. The van der Waals surface area contributed by atoms with Crippen molar-refractivity contribution in [2.45, 2.75) is 57.7 Å². The van der Waals surface area contributed by atoms with Crippen LogP contribution >= 0.6 is 0 Å². The molecule has 2 aliphatic carbocycles. The summed E-state index contributed by atoms with van der Waals surface area (Å²) < 4.78 is 20.3. The third-order valence-corrected chi connectivity index (χ3v) is 7.96. The number of hydrogen-bond acceptors (Lipinski definition) is 6. The summed E-state index contributed by atoms with van der Waals surface area (Å²) in [7, 11) is 0.